The fraction of sp³-hybridized carbons (Fsp3) is 0.857. The molecule has 2 saturated carbocycles. The second-order valence-corrected chi connectivity index (χ2v) is 7.01. The molecule has 2 fully saturated rings. The van der Waals surface area contributed by atoms with Crippen LogP contribution in [0.2, 0.25) is 0 Å². The molecule has 0 amide bonds. The Morgan fingerprint density at radius 2 is 1.12 bits per heavy atom. The number of rotatable bonds is 2. The van der Waals surface area contributed by atoms with Crippen molar-refractivity contribution in [3.05, 3.63) is 12.2 Å². The molecule has 92 valence electrons. The lowest BCUT2D eigenvalue weighted by Gasteiger charge is -2.26. The molecule has 0 aliphatic heterocycles. The highest BCUT2D eigenvalue weighted by Crippen LogP contribution is 2.31. The van der Waals surface area contributed by atoms with Crippen molar-refractivity contribution in [2.24, 2.45) is 11.8 Å². The second kappa shape index (κ2) is 6.39. The van der Waals surface area contributed by atoms with Gasteiger partial charge in [-0.05, 0) is 50.4 Å². The second-order valence-electron chi connectivity index (χ2n) is 5.55. The largest absolute Gasteiger partial charge is 0.176 e. The van der Waals surface area contributed by atoms with E-state index in [1.54, 1.807) is 0 Å². The van der Waals surface area contributed by atoms with Crippen molar-refractivity contribution in [1.29, 1.82) is 0 Å². The van der Waals surface area contributed by atoms with Gasteiger partial charge in [0.2, 0.25) is 0 Å². The molecule has 0 nitrogen and oxygen atoms in total. The summed E-state index contributed by atoms with van der Waals surface area (Å²) in [5.41, 5.74) is 0. The highest BCUT2D eigenvalue weighted by Gasteiger charge is 2.19. The summed E-state index contributed by atoms with van der Waals surface area (Å²) in [5.74, 6) is 1.60. The summed E-state index contributed by atoms with van der Waals surface area (Å²) in [5, 5.41) is 1.29. The van der Waals surface area contributed by atoms with Crippen molar-refractivity contribution in [2.45, 2.75) is 61.9 Å². The zero-order chi connectivity index (χ0) is 11.4. The molecule has 4 unspecified atom stereocenters. The monoisotopic (exact) mass is 256 g/mol. The van der Waals surface area contributed by atoms with E-state index in [0.717, 1.165) is 11.8 Å². The minimum Gasteiger partial charge on any atom is -0.176 e. The molecule has 0 spiro atoms. The zero-order valence-corrected chi connectivity index (χ0v) is 11.8. The van der Waals surface area contributed by atoms with Crippen LogP contribution in [0.5, 0.6) is 0 Å². The van der Waals surface area contributed by atoms with Crippen LogP contribution in [-0.4, -0.2) is 10.5 Å². The Hall–Kier alpha value is 0.440. The van der Waals surface area contributed by atoms with E-state index in [4.69, 9.17) is 0 Å². The fourth-order valence-corrected chi connectivity index (χ4v) is 3.97. The average Bonchev–Trinajstić information content (AvgIpc) is 2.27. The number of hydrogen-bond acceptors (Lipinski definition) is 2. The van der Waals surface area contributed by atoms with Crippen molar-refractivity contribution in [1.82, 2.24) is 0 Å². The lowest BCUT2D eigenvalue weighted by molar-refractivity contribution is 0.411. The first kappa shape index (κ1) is 12.9. The van der Waals surface area contributed by atoms with E-state index in [1.165, 1.54) is 51.4 Å². The van der Waals surface area contributed by atoms with Gasteiger partial charge in [-0.1, -0.05) is 25.0 Å². The summed E-state index contributed by atoms with van der Waals surface area (Å²) in [7, 11) is 0. The molecule has 0 aromatic heterocycles. The summed E-state index contributed by atoms with van der Waals surface area (Å²) in [4.78, 5) is 0. The molecule has 2 rings (SSSR count). The van der Waals surface area contributed by atoms with Gasteiger partial charge in [0.1, 0.15) is 0 Å². The summed E-state index contributed by atoms with van der Waals surface area (Å²) in [6.07, 6.45) is 15.7. The van der Waals surface area contributed by atoms with Crippen molar-refractivity contribution in [2.75, 3.05) is 0 Å². The van der Waals surface area contributed by atoms with Gasteiger partial charge in [-0.2, -0.15) is 25.3 Å². The molecule has 0 saturated heterocycles. The molecule has 0 radical (unpaired) electrons. The van der Waals surface area contributed by atoms with Gasteiger partial charge < -0.3 is 0 Å². The lowest BCUT2D eigenvalue weighted by atomic mass is 9.84. The van der Waals surface area contributed by atoms with Crippen LogP contribution in [0.4, 0.5) is 0 Å². The molecule has 4 atom stereocenters. The Labute approximate surface area is 111 Å². The van der Waals surface area contributed by atoms with Gasteiger partial charge in [0.05, 0.1) is 0 Å². The van der Waals surface area contributed by atoms with Crippen LogP contribution in [0.25, 0.3) is 0 Å². The Balaban J connectivity index is 1.78. The third-order valence-corrected chi connectivity index (χ3v) is 4.97. The van der Waals surface area contributed by atoms with Crippen molar-refractivity contribution < 1.29 is 0 Å². The Bertz CT molecular complexity index is 213. The lowest BCUT2D eigenvalue weighted by Crippen LogP contribution is -2.16. The smallest absolute Gasteiger partial charge is 0.00224 e. The molecule has 0 bridgehead atoms. The molecule has 16 heavy (non-hydrogen) atoms. The van der Waals surface area contributed by atoms with E-state index in [2.05, 4.69) is 37.4 Å². The van der Waals surface area contributed by atoms with Crippen LogP contribution in [0, 0.1) is 11.8 Å². The van der Waals surface area contributed by atoms with E-state index in [9.17, 15) is 0 Å². The van der Waals surface area contributed by atoms with Crippen LogP contribution in [0.3, 0.4) is 0 Å². The maximum atomic E-state index is 4.61. The van der Waals surface area contributed by atoms with E-state index in [0.29, 0.717) is 10.5 Å². The first-order valence-electron chi connectivity index (χ1n) is 6.78. The van der Waals surface area contributed by atoms with Crippen LogP contribution in [0.1, 0.15) is 51.4 Å². The third-order valence-electron chi connectivity index (χ3n) is 4.03. The minimum atomic E-state index is 0.646. The first-order chi connectivity index (χ1) is 7.74. The molecule has 0 heterocycles. The van der Waals surface area contributed by atoms with Crippen LogP contribution >= 0.6 is 25.3 Å². The van der Waals surface area contributed by atoms with E-state index in [1.807, 2.05) is 0 Å². The fourth-order valence-electron chi connectivity index (χ4n) is 3.07. The van der Waals surface area contributed by atoms with E-state index in [-0.39, 0.29) is 0 Å². The van der Waals surface area contributed by atoms with Gasteiger partial charge >= 0.3 is 0 Å². The number of hydrogen-bond donors (Lipinski definition) is 2. The Morgan fingerprint density at radius 3 is 1.50 bits per heavy atom. The average molecular weight is 256 g/mol. The first-order valence-corrected chi connectivity index (χ1v) is 7.82. The molecule has 2 heteroatoms. The summed E-state index contributed by atoms with van der Waals surface area (Å²) in [6.45, 7) is 0. The highest BCUT2D eigenvalue weighted by molar-refractivity contribution is 7.81. The number of allylic oxidation sites excluding steroid dienone is 2. The molecular formula is C14H24S2. The molecule has 0 aromatic rings. The zero-order valence-electron chi connectivity index (χ0n) is 10.0. The maximum Gasteiger partial charge on any atom is 0.00224 e. The van der Waals surface area contributed by atoms with Gasteiger partial charge in [-0.15, -0.1) is 0 Å². The summed E-state index contributed by atoms with van der Waals surface area (Å²) >= 11 is 9.22. The predicted molar refractivity (Wildman–Crippen MR) is 78.6 cm³/mol. The SMILES string of the molecule is SC1CCCC(C=CC2CCCC(S)C2)C1. The van der Waals surface area contributed by atoms with Crippen LogP contribution < -0.4 is 0 Å². The van der Waals surface area contributed by atoms with Crippen molar-refractivity contribution >= 4 is 25.3 Å². The normalized spacial score (nSPS) is 41.4. The van der Waals surface area contributed by atoms with Crippen molar-refractivity contribution in [3.8, 4) is 0 Å². The van der Waals surface area contributed by atoms with Gasteiger partial charge in [0.25, 0.3) is 0 Å². The quantitative estimate of drug-likeness (QED) is 0.527. The Morgan fingerprint density at radius 1 is 0.688 bits per heavy atom. The van der Waals surface area contributed by atoms with Crippen molar-refractivity contribution in [3.63, 3.8) is 0 Å². The molecule has 0 aromatic carbocycles. The standard InChI is InChI=1S/C14H24S2/c15-13-5-1-3-11(9-13)7-8-12-4-2-6-14(16)10-12/h7-8,11-16H,1-6,9-10H2. The van der Waals surface area contributed by atoms with Gasteiger partial charge in [0.15, 0.2) is 0 Å². The van der Waals surface area contributed by atoms with E-state index >= 15 is 0 Å². The minimum absolute atomic E-state index is 0.646. The third kappa shape index (κ3) is 4.03. The number of thiol groups is 2. The molecule has 0 N–H and O–H groups in total. The van der Waals surface area contributed by atoms with Gasteiger partial charge in [-0.3, -0.25) is 0 Å². The van der Waals surface area contributed by atoms with Crippen LogP contribution in [0.15, 0.2) is 12.2 Å². The predicted octanol–water partition coefficient (Wildman–Crippen LogP) is 4.52. The van der Waals surface area contributed by atoms with Gasteiger partial charge in [0, 0.05) is 10.5 Å². The topological polar surface area (TPSA) is 0 Å². The molecular weight excluding hydrogens is 232 g/mol. The van der Waals surface area contributed by atoms with Gasteiger partial charge in [-0.25, -0.2) is 0 Å². The highest BCUT2D eigenvalue weighted by atomic mass is 32.1. The molecule has 2 aliphatic rings. The molecule has 2 aliphatic carbocycles. The van der Waals surface area contributed by atoms with E-state index < -0.39 is 0 Å². The Kier molecular flexibility index (Phi) is 5.15. The summed E-state index contributed by atoms with van der Waals surface area (Å²) in [6, 6.07) is 0. The maximum absolute atomic E-state index is 4.61. The van der Waals surface area contributed by atoms with Crippen LogP contribution in [-0.2, 0) is 0 Å². The summed E-state index contributed by atoms with van der Waals surface area (Å²) < 4.78 is 0.